The topological polar surface area (TPSA) is 92.5 Å². The maximum Gasteiger partial charge on any atom is 0.265 e. The smallest absolute Gasteiger partial charge is 0.265 e. The van der Waals surface area contributed by atoms with Gasteiger partial charge in [0.15, 0.2) is 0 Å². The van der Waals surface area contributed by atoms with Crippen LogP contribution < -0.4 is 11.1 Å². The Morgan fingerprint density at radius 2 is 1.74 bits per heavy atom. The third-order valence-electron chi connectivity index (χ3n) is 4.79. The molecular weight excluding hydrogens is 454 g/mol. The molecule has 4 rings (SSSR count). The van der Waals surface area contributed by atoms with Crippen LogP contribution in [0.5, 0.6) is 0 Å². The summed E-state index contributed by atoms with van der Waals surface area (Å²) in [6.45, 7) is 0.119. The molecular formula is C22H16ClN3O3S2. The first kappa shape index (κ1) is 21.2. The molecule has 1 aliphatic heterocycles. The molecule has 0 radical (unpaired) electrons. The Morgan fingerprint density at radius 3 is 2.39 bits per heavy atom. The third kappa shape index (κ3) is 4.36. The monoisotopic (exact) mass is 469 g/mol. The van der Waals surface area contributed by atoms with Gasteiger partial charge in [-0.3, -0.25) is 19.3 Å². The minimum absolute atomic E-state index is 0.119. The molecule has 1 aliphatic rings. The summed E-state index contributed by atoms with van der Waals surface area (Å²) < 4.78 is 0.486. The van der Waals surface area contributed by atoms with Gasteiger partial charge in [-0.25, -0.2) is 0 Å². The highest BCUT2D eigenvalue weighted by molar-refractivity contribution is 7.80. The van der Waals surface area contributed by atoms with E-state index >= 15 is 0 Å². The SMILES string of the molecule is NC(=S)Cc1ccc(CN2C(=O)c3cccc(NC(=O)c4ccc(Cl)s4)c3C2=O)cc1. The third-order valence-corrected chi connectivity index (χ3v) is 6.16. The van der Waals surface area contributed by atoms with Crippen LogP contribution in [0.4, 0.5) is 5.69 Å². The number of nitrogens with one attached hydrogen (secondary N) is 1. The molecule has 0 spiro atoms. The van der Waals surface area contributed by atoms with Crippen LogP contribution >= 0.6 is 35.2 Å². The molecule has 0 unspecified atom stereocenters. The number of nitrogens with zero attached hydrogens (tertiary/aromatic N) is 1. The van der Waals surface area contributed by atoms with Gasteiger partial charge in [0.1, 0.15) is 0 Å². The van der Waals surface area contributed by atoms with Crippen LogP contribution in [0.1, 0.15) is 41.5 Å². The average Bonchev–Trinajstić information content (AvgIpc) is 3.27. The Kier molecular flexibility index (Phi) is 5.86. The quantitative estimate of drug-likeness (QED) is 0.415. The van der Waals surface area contributed by atoms with E-state index in [-0.39, 0.29) is 17.7 Å². The zero-order valence-corrected chi connectivity index (χ0v) is 18.4. The van der Waals surface area contributed by atoms with Crippen molar-refractivity contribution in [1.29, 1.82) is 0 Å². The fourth-order valence-electron chi connectivity index (χ4n) is 3.35. The molecule has 3 aromatic rings. The molecule has 1 aromatic heterocycles. The predicted molar refractivity (Wildman–Crippen MR) is 125 cm³/mol. The lowest BCUT2D eigenvalue weighted by atomic mass is 10.1. The van der Waals surface area contributed by atoms with Crippen molar-refractivity contribution in [3.05, 3.63) is 86.1 Å². The average molecular weight is 470 g/mol. The molecule has 0 aliphatic carbocycles. The standard InChI is InChI=1S/C22H16ClN3O3S2/c23-17-9-8-16(31-17)20(27)25-15-3-1-2-14-19(15)22(29)26(21(14)28)11-13-6-4-12(5-7-13)10-18(24)30/h1-9H,10-11H2,(H2,24,30)(H,25,27). The first-order valence-corrected chi connectivity index (χ1v) is 10.9. The zero-order chi connectivity index (χ0) is 22.1. The summed E-state index contributed by atoms with van der Waals surface area (Å²) in [5.41, 5.74) is 8.05. The van der Waals surface area contributed by atoms with Gasteiger partial charge in [0.2, 0.25) is 0 Å². The second-order valence-corrected chi connectivity index (χ2v) is 9.18. The van der Waals surface area contributed by atoms with Gasteiger partial charge in [0.05, 0.1) is 37.6 Å². The number of amides is 3. The van der Waals surface area contributed by atoms with Crippen molar-refractivity contribution in [2.45, 2.75) is 13.0 Å². The van der Waals surface area contributed by atoms with Crippen molar-refractivity contribution < 1.29 is 14.4 Å². The Morgan fingerprint density at radius 1 is 1.03 bits per heavy atom. The number of nitrogens with two attached hydrogens (primary N) is 1. The molecule has 0 atom stereocenters. The molecule has 3 amide bonds. The molecule has 2 aromatic carbocycles. The van der Waals surface area contributed by atoms with Gasteiger partial charge in [-0.2, -0.15) is 0 Å². The maximum atomic E-state index is 13.1. The number of hydrogen-bond acceptors (Lipinski definition) is 5. The van der Waals surface area contributed by atoms with E-state index in [1.807, 2.05) is 24.3 Å². The highest BCUT2D eigenvalue weighted by atomic mass is 35.5. The fraction of sp³-hybridized carbons (Fsp3) is 0.0909. The lowest BCUT2D eigenvalue weighted by Gasteiger charge is -2.14. The van der Waals surface area contributed by atoms with Gasteiger partial charge in [0.25, 0.3) is 17.7 Å². The number of rotatable bonds is 6. The van der Waals surface area contributed by atoms with Crippen LogP contribution in [0, 0.1) is 0 Å². The largest absolute Gasteiger partial charge is 0.393 e. The lowest BCUT2D eigenvalue weighted by molar-refractivity contribution is 0.0642. The van der Waals surface area contributed by atoms with E-state index < -0.39 is 17.7 Å². The number of anilines is 1. The minimum atomic E-state index is -0.452. The first-order chi connectivity index (χ1) is 14.8. The Bertz CT molecular complexity index is 1220. The second-order valence-electron chi connectivity index (χ2n) is 6.94. The number of carbonyl (C=O) groups excluding carboxylic acids is 3. The van der Waals surface area contributed by atoms with Gasteiger partial charge in [-0.05, 0) is 35.4 Å². The van der Waals surface area contributed by atoms with Crippen LogP contribution in [0.25, 0.3) is 0 Å². The normalized spacial score (nSPS) is 12.7. The van der Waals surface area contributed by atoms with Crippen molar-refractivity contribution in [3.8, 4) is 0 Å². The summed E-state index contributed by atoms with van der Waals surface area (Å²) in [7, 11) is 0. The first-order valence-electron chi connectivity index (χ1n) is 9.25. The van der Waals surface area contributed by atoms with E-state index in [0.29, 0.717) is 26.3 Å². The van der Waals surface area contributed by atoms with Gasteiger partial charge in [0, 0.05) is 6.42 Å². The molecule has 6 nitrogen and oxygen atoms in total. The number of hydrogen-bond donors (Lipinski definition) is 2. The molecule has 0 bridgehead atoms. The molecule has 0 fully saturated rings. The van der Waals surface area contributed by atoms with E-state index in [9.17, 15) is 14.4 Å². The van der Waals surface area contributed by atoms with Crippen LogP contribution in [0.3, 0.4) is 0 Å². The summed E-state index contributed by atoms with van der Waals surface area (Å²) in [5, 5.41) is 2.72. The van der Waals surface area contributed by atoms with Crippen LogP contribution in [0.2, 0.25) is 4.34 Å². The molecule has 9 heteroatoms. The molecule has 2 heterocycles. The highest BCUT2D eigenvalue weighted by Gasteiger charge is 2.37. The van der Waals surface area contributed by atoms with Crippen molar-refractivity contribution in [3.63, 3.8) is 0 Å². The highest BCUT2D eigenvalue weighted by Crippen LogP contribution is 2.31. The number of fused-ring (bicyclic) bond motifs is 1. The maximum absolute atomic E-state index is 13.1. The van der Waals surface area contributed by atoms with Gasteiger partial charge in [-0.15, -0.1) is 11.3 Å². The number of halogens is 1. The summed E-state index contributed by atoms with van der Waals surface area (Å²) in [5.74, 6) is -1.24. The molecule has 0 saturated heterocycles. The van der Waals surface area contributed by atoms with Crippen LogP contribution in [-0.4, -0.2) is 27.6 Å². The molecule has 0 saturated carbocycles. The van der Waals surface area contributed by atoms with Crippen molar-refractivity contribution in [1.82, 2.24) is 4.90 Å². The molecule has 156 valence electrons. The van der Waals surface area contributed by atoms with E-state index in [0.717, 1.165) is 22.5 Å². The second kappa shape index (κ2) is 8.58. The zero-order valence-electron chi connectivity index (χ0n) is 16.1. The van der Waals surface area contributed by atoms with Crippen LogP contribution in [-0.2, 0) is 13.0 Å². The van der Waals surface area contributed by atoms with E-state index in [1.54, 1.807) is 30.3 Å². The van der Waals surface area contributed by atoms with E-state index in [2.05, 4.69) is 5.32 Å². The Balaban J connectivity index is 1.55. The number of thiocarbonyl (C=S) groups is 1. The van der Waals surface area contributed by atoms with Crippen molar-refractivity contribution >= 4 is 63.6 Å². The van der Waals surface area contributed by atoms with Crippen molar-refractivity contribution in [2.75, 3.05) is 5.32 Å². The minimum Gasteiger partial charge on any atom is -0.393 e. The summed E-state index contributed by atoms with van der Waals surface area (Å²) in [4.78, 5) is 40.4. The van der Waals surface area contributed by atoms with Crippen molar-refractivity contribution in [2.24, 2.45) is 5.73 Å². The predicted octanol–water partition coefficient (Wildman–Crippen LogP) is 4.28. The number of carbonyl (C=O) groups is 3. The molecule has 31 heavy (non-hydrogen) atoms. The summed E-state index contributed by atoms with van der Waals surface area (Å²) in [6.07, 6.45) is 0.487. The lowest BCUT2D eigenvalue weighted by Crippen LogP contribution is -2.29. The van der Waals surface area contributed by atoms with E-state index in [4.69, 9.17) is 29.6 Å². The Hall–Kier alpha value is -3.07. The van der Waals surface area contributed by atoms with Crippen LogP contribution in [0.15, 0.2) is 54.6 Å². The summed E-state index contributed by atoms with van der Waals surface area (Å²) >= 11 is 11.9. The molecule has 3 N–H and O–H groups in total. The number of imide groups is 1. The van der Waals surface area contributed by atoms with Gasteiger partial charge < -0.3 is 11.1 Å². The Labute approximate surface area is 192 Å². The van der Waals surface area contributed by atoms with Gasteiger partial charge >= 0.3 is 0 Å². The van der Waals surface area contributed by atoms with E-state index in [1.165, 1.54) is 4.90 Å². The van der Waals surface area contributed by atoms with Gasteiger partial charge in [-0.1, -0.05) is 54.2 Å². The fourth-order valence-corrected chi connectivity index (χ4v) is 4.45. The summed E-state index contributed by atoms with van der Waals surface area (Å²) in [6, 6.07) is 15.4. The number of benzene rings is 2. The number of thiophene rings is 1.